The molecule has 0 aliphatic carbocycles. The zero-order valence-corrected chi connectivity index (χ0v) is 12.8. The van der Waals surface area contributed by atoms with Gasteiger partial charge in [0.15, 0.2) is 0 Å². The van der Waals surface area contributed by atoms with E-state index in [1.54, 1.807) is 18.7 Å². The van der Waals surface area contributed by atoms with Gasteiger partial charge in [-0.05, 0) is 35.0 Å². The molecule has 110 valence electrons. The highest BCUT2D eigenvalue weighted by Gasteiger charge is 2.17. The number of halogens is 1. The number of aromatic nitrogens is 2. The predicted octanol–water partition coefficient (Wildman–Crippen LogP) is 2.37. The normalized spacial score (nSPS) is 11.9. The summed E-state index contributed by atoms with van der Waals surface area (Å²) in [5, 5.41) is 13.7. The molecule has 0 bridgehead atoms. The molecule has 21 heavy (non-hydrogen) atoms. The summed E-state index contributed by atoms with van der Waals surface area (Å²) in [4.78, 5) is 26.4. The zero-order valence-electron chi connectivity index (χ0n) is 11.2. The minimum atomic E-state index is -0.532. The van der Waals surface area contributed by atoms with Gasteiger partial charge in [-0.1, -0.05) is 0 Å². The molecule has 2 rings (SSSR count). The molecule has 1 unspecified atom stereocenters. The molecule has 2 aromatic rings. The number of nitrogens with one attached hydrogen (secondary N) is 1. The Hall–Kier alpha value is -2.22. The smallest absolute Gasteiger partial charge is 0.284 e. The number of hydrogen-bond acceptors (Lipinski definition) is 4. The van der Waals surface area contributed by atoms with Crippen LogP contribution in [0.4, 0.5) is 5.69 Å². The van der Waals surface area contributed by atoms with Crippen molar-refractivity contribution in [2.24, 2.45) is 0 Å². The van der Waals surface area contributed by atoms with E-state index in [1.165, 1.54) is 18.2 Å². The Morgan fingerprint density at radius 1 is 1.57 bits per heavy atom. The molecular formula is C13H13BrN4O3. The summed E-state index contributed by atoms with van der Waals surface area (Å²) >= 11 is 3.09. The summed E-state index contributed by atoms with van der Waals surface area (Å²) in [5.41, 5.74) is 0.118. The van der Waals surface area contributed by atoms with Gasteiger partial charge in [-0.15, -0.1) is 0 Å². The number of amides is 1. The second kappa shape index (κ2) is 6.49. The van der Waals surface area contributed by atoms with Gasteiger partial charge in [-0.2, -0.15) is 0 Å². The van der Waals surface area contributed by atoms with Crippen molar-refractivity contribution in [2.45, 2.75) is 19.5 Å². The molecule has 0 saturated carbocycles. The summed E-state index contributed by atoms with van der Waals surface area (Å²) < 4.78 is 2.19. The first-order chi connectivity index (χ1) is 9.97. The molecule has 0 spiro atoms. The SMILES string of the molecule is CC(Cn1ccnc1)NC(=O)c1ccc(Br)c([N+](=O)[O-])c1. The van der Waals surface area contributed by atoms with Crippen LogP contribution >= 0.6 is 15.9 Å². The van der Waals surface area contributed by atoms with E-state index in [4.69, 9.17) is 0 Å². The van der Waals surface area contributed by atoms with Crippen LogP contribution in [0, 0.1) is 10.1 Å². The highest BCUT2D eigenvalue weighted by atomic mass is 79.9. The standard InChI is InChI=1S/C13H13BrN4O3/c1-9(7-17-5-4-15-8-17)16-13(19)10-2-3-11(14)12(6-10)18(20)21/h2-6,8-9H,7H2,1H3,(H,16,19). The van der Waals surface area contributed by atoms with E-state index < -0.39 is 4.92 Å². The van der Waals surface area contributed by atoms with Gasteiger partial charge in [0.2, 0.25) is 0 Å². The van der Waals surface area contributed by atoms with Crippen LogP contribution < -0.4 is 5.32 Å². The molecule has 1 aromatic carbocycles. The number of nitro groups is 1. The number of nitro benzene ring substituents is 1. The maximum Gasteiger partial charge on any atom is 0.284 e. The van der Waals surface area contributed by atoms with Crippen molar-refractivity contribution in [3.63, 3.8) is 0 Å². The van der Waals surface area contributed by atoms with Gasteiger partial charge in [0.05, 0.1) is 15.7 Å². The van der Waals surface area contributed by atoms with Crippen molar-refractivity contribution < 1.29 is 9.72 Å². The van der Waals surface area contributed by atoms with Crippen molar-refractivity contribution in [1.82, 2.24) is 14.9 Å². The number of nitrogens with zero attached hydrogens (tertiary/aromatic N) is 3. The van der Waals surface area contributed by atoms with E-state index in [1.807, 2.05) is 11.5 Å². The highest BCUT2D eigenvalue weighted by Crippen LogP contribution is 2.25. The predicted molar refractivity (Wildman–Crippen MR) is 80.0 cm³/mol. The van der Waals surface area contributed by atoms with E-state index in [-0.39, 0.29) is 23.2 Å². The van der Waals surface area contributed by atoms with Gasteiger partial charge < -0.3 is 9.88 Å². The Balaban J connectivity index is 2.06. The van der Waals surface area contributed by atoms with Crippen molar-refractivity contribution in [1.29, 1.82) is 0 Å². The second-order valence-electron chi connectivity index (χ2n) is 4.56. The molecule has 7 nitrogen and oxygen atoms in total. The number of hydrogen-bond donors (Lipinski definition) is 1. The Labute approximate surface area is 129 Å². The molecule has 1 N–H and O–H groups in total. The molecule has 0 aliphatic heterocycles. The second-order valence-corrected chi connectivity index (χ2v) is 5.41. The van der Waals surface area contributed by atoms with Crippen molar-refractivity contribution in [3.05, 3.63) is 57.1 Å². The third-order valence-corrected chi connectivity index (χ3v) is 3.50. The molecule has 1 amide bonds. The van der Waals surface area contributed by atoms with E-state index in [0.717, 1.165) is 0 Å². The summed E-state index contributed by atoms with van der Waals surface area (Å²) in [7, 11) is 0. The summed E-state index contributed by atoms with van der Waals surface area (Å²) in [5.74, 6) is -0.349. The van der Waals surface area contributed by atoms with Crippen LogP contribution in [-0.4, -0.2) is 26.4 Å². The lowest BCUT2D eigenvalue weighted by Crippen LogP contribution is -2.35. The molecule has 8 heteroatoms. The van der Waals surface area contributed by atoms with Gasteiger partial charge >= 0.3 is 0 Å². The lowest BCUT2D eigenvalue weighted by Gasteiger charge is -2.14. The van der Waals surface area contributed by atoms with Gasteiger partial charge in [-0.25, -0.2) is 4.98 Å². The van der Waals surface area contributed by atoms with Crippen LogP contribution in [0.15, 0.2) is 41.4 Å². The van der Waals surface area contributed by atoms with Crippen molar-refractivity contribution >= 4 is 27.5 Å². The van der Waals surface area contributed by atoms with E-state index in [9.17, 15) is 14.9 Å². The monoisotopic (exact) mass is 352 g/mol. The summed E-state index contributed by atoms with van der Waals surface area (Å²) in [6, 6.07) is 4.15. The topological polar surface area (TPSA) is 90.1 Å². The Morgan fingerprint density at radius 2 is 2.33 bits per heavy atom. The van der Waals surface area contributed by atoms with Gasteiger partial charge in [-0.3, -0.25) is 14.9 Å². The maximum absolute atomic E-state index is 12.1. The van der Waals surface area contributed by atoms with Crippen LogP contribution in [-0.2, 0) is 6.54 Å². The molecule has 1 heterocycles. The first kappa shape index (κ1) is 15.2. The first-order valence-corrected chi connectivity index (χ1v) is 6.97. The lowest BCUT2D eigenvalue weighted by atomic mass is 10.2. The Bertz CT molecular complexity index is 657. The fourth-order valence-electron chi connectivity index (χ4n) is 1.86. The van der Waals surface area contributed by atoms with Crippen LogP contribution in [0.3, 0.4) is 0 Å². The molecular weight excluding hydrogens is 340 g/mol. The number of benzene rings is 1. The van der Waals surface area contributed by atoms with Gasteiger partial charge in [0, 0.05) is 36.6 Å². The number of carbonyl (C=O) groups is 1. The van der Waals surface area contributed by atoms with Crippen LogP contribution in [0.2, 0.25) is 0 Å². The molecule has 0 aliphatic rings. The van der Waals surface area contributed by atoms with Gasteiger partial charge in [0.25, 0.3) is 11.6 Å². The number of carbonyl (C=O) groups excluding carboxylic acids is 1. The van der Waals surface area contributed by atoms with Crippen molar-refractivity contribution in [3.8, 4) is 0 Å². The zero-order chi connectivity index (χ0) is 15.4. The largest absolute Gasteiger partial charge is 0.348 e. The number of imidazole rings is 1. The lowest BCUT2D eigenvalue weighted by molar-refractivity contribution is -0.385. The minimum Gasteiger partial charge on any atom is -0.348 e. The minimum absolute atomic E-state index is 0.130. The molecule has 0 radical (unpaired) electrons. The van der Waals surface area contributed by atoms with E-state index >= 15 is 0 Å². The maximum atomic E-state index is 12.1. The Kier molecular flexibility index (Phi) is 4.69. The molecule has 0 fully saturated rings. The third-order valence-electron chi connectivity index (χ3n) is 2.83. The van der Waals surface area contributed by atoms with Crippen LogP contribution in [0.1, 0.15) is 17.3 Å². The summed E-state index contributed by atoms with van der Waals surface area (Å²) in [6.45, 7) is 2.43. The Morgan fingerprint density at radius 3 is 2.95 bits per heavy atom. The quantitative estimate of drug-likeness (QED) is 0.660. The average Bonchev–Trinajstić information content (AvgIpc) is 2.91. The average molecular weight is 353 g/mol. The van der Waals surface area contributed by atoms with Crippen molar-refractivity contribution in [2.75, 3.05) is 0 Å². The fraction of sp³-hybridized carbons (Fsp3) is 0.231. The number of rotatable bonds is 5. The fourth-order valence-corrected chi connectivity index (χ4v) is 2.25. The van der Waals surface area contributed by atoms with Gasteiger partial charge in [0.1, 0.15) is 0 Å². The first-order valence-electron chi connectivity index (χ1n) is 6.18. The third kappa shape index (κ3) is 3.88. The molecule has 1 aromatic heterocycles. The van der Waals surface area contributed by atoms with E-state index in [2.05, 4.69) is 26.2 Å². The van der Waals surface area contributed by atoms with E-state index in [0.29, 0.717) is 11.0 Å². The van der Waals surface area contributed by atoms with Crippen LogP contribution in [0.5, 0.6) is 0 Å². The molecule has 1 atom stereocenters. The summed E-state index contributed by atoms with van der Waals surface area (Å²) in [6.07, 6.45) is 5.12. The highest BCUT2D eigenvalue weighted by molar-refractivity contribution is 9.10. The molecule has 0 saturated heterocycles. The van der Waals surface area contributed by atoms with Crippen LogP contribution in [0.25, 0.3) is 0 Å².